The second kappa shape index (κ2) is 10.8. The Kier molecular flexibility index (Phi) is 8.11. The largest absolute Gasteiger partial charge is 0.452 e. The minimum Gasteiger partial charge on any atom is -0.452 e. The molecule has 1 aliphatic heterocycles. The lowest BCUT2D eigenvalue weighted by atomic mass is 10.1. The SMILES string of the molecule is O=C(COC(=O)/C=C/c1ccc(C(F)(F)F)cc1)Nc1ccc(S(=O)(=O)N2CCCCC2)cc1. The molecule has 0 saturated carbocycles. The van der Waals surface area contributed by atoms with Gasteiger partial charge >= 0.3 is 12.1 Å². The van der Waals surface area contributed by atoms with Crippen molar-refractivity contribution in [1.29, 1.82) is 0 Å². The minimum atomic E-state index is -4.45. The van der Waals surface area contributed by atoms with Crippen LogP contribution in [0.1, 0.15) is 30.4 Å². The zero-order chi connectivity index (χ0) is 24.8. The molecule has 1 saturated heterocycles. The van der Waals surface area contributed by atoms with Gasteiger partial charge in [0, 0.05) is 24.9 Å². The van der Waals surface area contributed by atoms with Crippen LogP contribution in [0.4, 0.5) is 18.9 Å². The third kappa shape index (κ3) is 6.91. The molecule has 0 bridgehead atoms. The van der Waals surface area contributed by atoms with Gasteiger partial charge in [0.15, 0.2) is 6.61 Å². The molecule has 0 aliphatic carbocycles. The normalized spacial score (nSPS) is 15.3. The number of benzene rings is 2. The van der Waals surface area contributed by atoms with E-state index < -0.39 is 40.2 Å². The molecule has 1 heterocycles. The Morgan fingerprint density at radius 1 is 0.971 bits per heavy atom. The van der Waals surface area contributed by atoms with Gasteiger partial charge < -0.3 is 10.1 Å². The van der Waals surface area contributed by atoms with E-state index in [1.807, 2.05) is 0 Å². The Bertz CT molecular complexity index is 1140. The minimum absolute atomic E-state index is 0.132. The number of halogens is 3. The van der Waals surface area contributed by atoms with Gasteiger partial charge in [-0.25, -0.2) is 13.2 Å². The van der Waals surface area contributed by atoms with E-state index in [9.17, 15) is 31.2 Å². The number of esters is 1. The standard InChI is InChI=1S/C23H23F3N2O5S/c24-23(25,26)18-7-4-17(5-8-18)6-13-22(30)33-16-21(29)27-19-9-11-20(12-10-19)34(31,32)28-14-2-1-3-15-28/h4-13H,1-3,14-16H2,(H,27,29)/b13-6+. The number of hydrogen-bond acceptors (Lipinski definition) is 5. The van der Waals surface area contributed by atoms with Crippen molar-refractivity contribution in [3.8, 4) is 0 Å². The summed E-state index contributed by atoms with van der Waals surface area (Å²) in [6.45, 7) is 0.378. The van der Waals surface area contributed by atoms with Crippen molar-refractivity contribution >= 4 is 33.7 Å². The van der Waals surface area contributed by atoms with E-state index in [4.69, 9.17) is 4.74 Å². The molecule has 3 rings (SSSR count). The molecule has 7 nitrogen and oxygen atoms in total. The zero-order valence-corrected chi connectivity index (χ0v) is 18.9. The Morgan fingerprint density at radius 2 is 1.59 bits per heavy atom. The van der Waals surface area contributed by atoms with E-state index in [-0.39, 0.29) is 4.90 Å². The van der Waals surface area contributed by atoms with Gasteiger partial charge in [-0.1, -0.05) is 18.6 Å². The van der Waals surface area contributed by atoms with E-state index in [1.54, 1.807) is 0 Å². The summed E-state index contributed by atoms with van der Waals surface area (Å²) >= 11 is 0. The Labute approximate surface area is 195 Å². The first-order valence-corrected chi connectivity index (χ1v) is 11.9. The van der Waals surface area contributed by atoms with Gasteiger partial charge in [-0.05, 0) is 60.9 Å². The van der Waals surface area contributed by atoms with Gasteiger partial charge in [-0.2, -0.15) is 17.5 Å². The number of nitrogens with zero attached hydrogens (tertiary/aromatic N) is 1. The van der Waals surface area contributed by atoms with Crippen molar-refractivity contribution in [2.24, 2.45) is 0 Å². The summed E-state index contributed by atoms with van der Waals surface area (Å²) in [6.07, 6.45) is 0.470. The quantitative estimate of drug-likeness (QED) is 0.461. The fourth-order valence-corrected chi connectivity index (χ4v) is 4.81. The van der Waals surface area contributed by atoms with E-state index in [1.165, 1.54) is 46.8 Å². The number of ether oxygens (including phenoxy) is 1. The van der Waals surface area contributed by atoms with Gasteiger partial charge in [-0.3, -0.25) is 4.79 Å². The summed E-state index contributed by atoms with van der Waals surface area (Å²) in [5.41, 5.74) is -0.117. The summed E-state index contributed by atoms with van der Waals surface area (Å²) in [5.74, 6) is -1.49. The number of anilines is 1. The van der Waals surface area contributed by atoms with Crippen LogP contribution in [0.5, 0.6) is 0 Å². The molecule has 182 valence electrons. The Balaban J connectivity index is 1.48. The predicted molar refractivity (Wildman–Crippen MR) is 119 cm³/mol. The first-order valence-electron chi connectivity index (χ1n) is 10.5. The van der Waals surface area contributed by atoms with Gasteiger partial charge in [-0.15, -0.1) is 0 Å². The maximum atomic E-state index is 12.6. The maximum absolute atomic E-state index is 12.6. The molecule has 0 atom stereocenters. The molecular weight excluding hydrogens is 473 g/mol. The number of amides is 1. The molecule has 34 heavy (non-hydrogen) atoms. The van der Waals surface area contributed by atoms with Crippen LogP contribution < -0.4 is 5.32 Å². The lowest BCUT2D eigenvalue weighted by Crippen LogP contribution is -2.35. The molecule has 11 heteroatoms. The average Bonchev–Trinajstić information content (AvgIpc) is 2.82. The van der Waals surface area contributed by atoms with Crippen molar-refractivity contribution in [2.45, 2.75) is 30.3 Å². The highest BCUT2D eigenvalue weighted by Gasteiger charge is 2.30. The first-order chi connectivity index (χ1) is 16.1. The molecule has 0 aromatic heterocycles. The fourth-order valence-electron chi connectivity index (χ4n) is 3.29. The zero-order valence-electron chi connectivity index (χ0n) is 18.0. The van der Waals surface area contributed by atoms with E-state index in [0.717, 1.165) is 37.5 Å². The average molecular weight is 497 g/mol. The summed E-state index contributed by atoms with van der Waals surface area (Å²) in [6, 6.07) is 9.88. The van der Waals surface area contributed by atoms with E-state index in [2.05, 4.69) is 5.32 Å². The Morgan fingerprint density at radius 3 is 2.18 bits per heavy atom. The molecule has 1 N–H and O–H groups in total. The topological polar surface area (TPSA) is 92.8 Å². The first kappa shape index (κ1) is 25.4. The molecule has 2 aromatic carbocycles. The third-order valence-electron chi connectivity index (χ3n) is 5.09. The van der Waals surface area contributed by atoms with Gasteiger partial charge in [0.25, 0.3) is 5.91 Å². The third-order valence-corrected chi connectivity index (χ3v) is 7.00. The number of carbonyl (C=O) groups is 2. The highest BCUT2D eigenvalue weighted by Crippen LogP contribution is 2.29. The van der Waals surface area contributed by atoms with Crippen LogP contribution in [0.2, 0.25) is 0 Å². The van der Waals surface area contributed by atoms with Crippen LogP contribution >= 0.6 is 0 Å². The monoisotopic (exact) mass is 496 g/mol. The van der Waals surface area contributed by atoms with Crippen LogP contribution in [-0.4, -0.2) is 44.3 Å². The summed E-state index contributed by atoms with van der Waals surface area (Å²) in [7, 11) is -3.58. The van der Waals surface area contributed by atoms with Crippen molar-refractivity contribution in [2.75, 3.05) is 25.0 Å². The summed E-state index contributed by atoms with van der Waals surface area (Å²) in [4.78, 5) is 23.9. The number of rotatable bonds is 7. The van der Waals surface area contributed by atoms with Crippen molar-refractivity contribution < 1.29 is 35.9 Å². The van der Waals surface area contributed by atoms with E-state index >= 15 is 0 Å². The fraction of sp³-hybridized carbons (Fsp3) is 0.304. The lowest BCUT2D eigenvalue weighted by Gasteiger charge is -2.25. The van der Waals surface area contributed by atoms with E-state index in [0.29, 0.717) is 24.3 Å². The molecule has 1 aliphatic rings. The number of sulfonamides is 1. The highest BCUT2D eigenvalue weighted by molar-refractivity contribution is 7.89. The van der Waals surface area contributed by atoms with Gasteiger partial charge in [0.1, 0.15) is 0 Å². The van der Waals surface area contributed by atoms with Crippen LogP contribution in [0.15, 0.2) is 59.5 Å². The molecule has 2 aromatic rings. The van der Waals surface area contributed by atoms with Gasteiger partial charge in [0.05, 0.1) is 10.5 Å². The number of hydrogen-bond donors (Lipinski definition) is 1. The van der Waals surface area contributed by atoms with Crippen LogP contribution in [0, 0.1) is 0 Å². The highest BCUT2D eigenvalue weighted by atomic mass is 32.2. The molecule has 0 unspecified atom stereocenters. The van der Waals surface area contributed by atoms with Crippen molar-refractivity contribution in [3.63, 3.8) is 0 Å². The van der Waals surface area contributed by atoms with Gasteiger partial charge in [0.2, 0.25) is 10.0 Å². The number of alkyl halides is 3. The lowest BCUT2D eigenvalue weighted by molar-refractivity contribution is -0.142. The second-order valence-corrected chi connectivity index (χ2v) is 9.54. The number of carbonyl (C=O) groups excluding carboxylic acids is 2. The maximum Gasteiger partial charge on any atom is 0.416 e. The van der Waals surface area contributed by atoms with Crippen LogP contribution in [0.3, 0.4) is 0 Å². The molecule has 0 spiro atoms. The Hall–Kier alpha value is -3.18. The van der Waals surface area contributed by atoms with Crippen LogP contribution in [0.25, 0.3) is 6.08 Å². The smallest absolute Gasteiger partial charge is 0.416 e. The summed E-state index contributed by atoms with van der Waals surface area (Å²) < 4.78 is 69.2. The summed E-state index contributed by atoms with van der Waals surface area (Å²) in [5, 5.41) is 2.49. The molecule has 0 radical (unpaired) electrons. The number of nitrogens with one attached hydrogen (secondary N) is 1. The second-order valence-electron chi connectivity index (χ2n) is 7.60. The number of piperidine rings is 1. The van der Waals surface area contributed by atoms with Crippen molar-refractivity contribution in [3.05, 3.63) is 65.7 Å². The van der Waals surface area contributed by atoms with Crippen LogP contribution in [-0.2, 0) is 30.5 Å². The molecule has 1 amide bonds. The predicted octanol–water partition coefficient (Wildman–Crippen LogP) is 4.08. The van der Waals surface area contributed by atoms with Crippen molar-refractivity contribution in [1.82, 2.24) is 4.31 Å². The molecular formula is C23H23F3N2O5S. The molecule has 1 fully saturated rings.